The molecule has 0 spiro atoms. The standard InChI is InChI=1S/C23H30N6O/c1-3-29-22-19(15-27-29)21(28-16(2)18-9-5-4-6-10-18)20(14-25-22)23(30)26-13-17-8-7-11-24-12-17/h7-8,11-12,14-16,18H,3-6,9-10,13H2,1-2H3,(H,25,28)(H,26,30)/t16-/m1/s1. The Hall–Kier alpha value is -2.96. The number of carbonyl (C=O) groups excluding carboxylic acids is 1. The van der Waals surface area contributed by atoms with E-state index >= 15 is 0 Å². The zero-order valence-corrected chi connectivity index (χ0v) is 17.8. The number of aryl methyl sites for hydroxylation is 1. The Bertz CT molecular complexity index is 994. The van der Waals surface area contributed by atoms with Gasteiger partial charge in [0.15, 0.2) is 5.65 Å². The number of fused-ring (bicyclic) bond motifs is 1. The highest BCUT2D eigenvalue weighted by atomic mass is 16.1. The molecule has 1 atom stereocenters. The molecule has 0 radical (unpaired) electrons. The minimum absolute atomic E-state index is 0.143. The monoisotopic (exact) mass is 406 g/mol. The minimum atomic E-state index is -0.143. The molecular formula is C23H30N6O. The lowest BCUT2D eigenvalue weighted by atomic mass is 9.84. The molecule has 3 heterocycles. The van der Waals surface area contributed by atoms with E-state index < -0.39 is 0 Å². The second-order valence-electron chi connectivity index (χ2n) is 8.12. The van der Waals surface area contributed by atoms with E-state index in [9.17, 15) is 4.79 Å². The second kappa shape index (κ2) is 9.24. The number of rotatable bonds is 7. The zero-order valence-electron chi connectivity index (χ0n) is 17.8. The SMILES string of the molecule is CCn1ncc2c(N[C@H](C)C3CCCCC3)c(C(=O)NCc3cccnc3)cnc21. The van der Waals surface area contributed by atoms with Crippen molar-refractivity contribution in [2.45, 2.75) is 65.1 Å². The van der Waals surface area contributed by atoms with Crippen molar-refractivity contribution in [2.24, 2.45) is 5.92 Å². The van der Waals surface area contributed by atoms with Crippen LogP contribution in [0.3, 0.4) is 0 Å². The van der Waals surface area contributed by atoms with E-state index in [0.29, 0.717) is 18.0 Å². The molecule has 1 fully saturated rings. The summed E-state index contributed by atoms with van der Waals surface area (Å²) in [6.07, 6.45) is 13.3. The van der Waals surface area contributed by atoms with Gasteiger partial charge in [0.1, 0.15) is 0 Å². The van der Waals surface area contributed by atoms with Crippen LogP contribution in [0.15, 0.2) is 36.9 Å². The predicted molar refractivity (Wildman–Crippen MR) is 118 cm³/mol. The first-order chi connectivity index (χ1) is 14.7. The van der Waals surface area contributed by atoms with E-state index in [2.05, 4.69) is 32.6 Å². The Morgan fingerprint density at radius 3 is 2.80 bits per heavy atom. The van der Waals surface area contributed by atoms with Gasteiger partial charge >= 0.3 is 0 Å². The Kier molecular flexibility index (Phi) is 6.26. The van der Waals surface area contributed by atoms with Gasteiger partial charge < -0.3 is 10.6 Å². The van der Waals surface area contributed by atoms with Crippen molar-refractivity contribution < 1.29 is 4.79 Å². The van der Waals surface area contributed by atoms with Crippen LogP contribution in [0.1, 0.15) is 61.9 Å². The topological polar surface area (TPSA) is 84.7 Å². The van der Waals surface area contributed by atoms with Crippen LogP contribution in [0.5, 0.6) is 0 Å². The number of hydrogen-bond acceptors (Lipinski definition) is 5. The van der Waals surface area contributed by atoms with E-state index in [-0.39, 0.29) is 11.9 Å². The molecule has 3 aromatic heterocycles. The number of amides is 1. The van der Waals surface area contributed by atoms with Gasteiger partial charge in [0.05, 0.1) is 22.8 Å². The third-order valence-electron chi connectivity index (χ3n) is 6.12. The largest absolute Gasteiger partial charge is 0.381 e. The van der Waals surface area contributed by atoms with Gasteiger partial charge in [0.2, 0.25) is 0 Å². The Balaban J connectivity index is 1.62. The highest BCUT2D eigenvalue weighted by Crippen LogP contribution is 2.32. The molecule has 7 nitrogen and oxygen atoms in total. The summed E-state index contributed by atoms with van der Waals surface area (Å²) in [5, 5.41) is 12.0. The number of hydrogen-bond donors (Lipinski definition) is 2. The Labute approximate surface area is 177 Å². The molecule has 1 aliphatic rings. The van der Waals surface area contributed by atoms with Gasteiger partial charge in [-0.25, -0.2) is 9.67 Å². The van der Waals surface area contributed by atoms with Crippen LogP contribution in [0.2, 0.25) is 0 Å². The average Bonchev–Trinajstić information content (AvgIpc) is 3.22. The van der Waals surface area contributed by atoms with Gasteiger partial charge in [-0.05, 0) is 44.2 Å². The molecule has 0 bridgehead atoms. The summed E-state index contributed by atoms with van der Waals surface area (Å²) in [6.45, 7) is 5.43. The fourth-order valence-electron chi connectivity index (χ4n) is 4.35. The van der Waals surface area contributed by atoms with Gasteiger partial charge in [-0.2, -0.15) is 5.10 Å². The van der Waals surface area contributed by atoms with Crippen LogP contribution < -0.4 is 10.6 Å². The number of carbonyl (C=O) groups is 1. The maximum Gasteiger partial charge on any atom is 0.255 e. The molecule has 158 valence electrons. The molecule has 0 unspecified atom stereocenters. The number of aromatic nitrogens is 4. The Morgan fingerprint density at radius 1 is 1.23 bits per heavy atom. The number of pyridine rings is 2. The van der Waals surface area contributed by atoms with Crippen molar-refractivity contribution in [2.75, 3.05) is 5.32 Å². The lowest BCUT2D eigenvalue weighted by Gasteiger charge is -2.29. The summed E-state index contributed by atoms with van der Waals surface area (Å²) in [7, 11) is 0. The van der Waals surface area contributed by atoms with Crippen LogP contribution in [0.4, 0.5) is 5.69 Å². The van der Waals surface area contributed by atoms with Crippen LogP contribution in [0.25, 0.3) is 11.0 Å². The minimum Gasteiger partial charge on any atom is -0.381 e. The summed E-state index contributed by atoms with van der Waals surface area (Å²) in [5.41, 5.74) is 3.16. The molecule has 0 aromatic carbocycles. The molecule has 4 rings (SSSR count). The second-order valence-corrected chi connectivity index (χ2v) is 8.12. The number of nitrogens with zero attached hydrogens (tertiary/aromatic N) is 4. The van der Waals surface area contributed by atoms with E-state index in [4.69, 9.17) is 0 Å². The first kappa shape index (κ1) is 20.3. The lowest BCUT2D eigenvalue weighted by molar-refractivity contribution is 0.0951. The van der Waals surface area contributed by atoms with Crippen LogP contribution in [-0.4, -0.2) is 31.7 Å². The number of anilines is 1. The van der Waals surface area contributed by atoms with Crippen molar-refractivity contribution in [3.63, 3.8) is 0 Å². The summed E-state index contributed by atoms with van der Waals surface area (Å²) < 4.78 is 1.86. The highest BCUT2D eigenvalue weighted by molar-refractivity contribution is 6.06. The van der Waals surface area contributed by atoms with Crippen molar-refractivity contribution in [3.8, 4) is 0 Å². The molecule has 1 aliphatic carbocycles. The maximum absolute atomic E-state index is 13.1. The predicted octanol–water partition coefficient (Wildman–Crippen LogP) is 4.16. The van der Waals surface area contributed by atoms with Gasteiger partial charge in [0.25, 0.3) is 5.91 Å². The third kappa shape index (κ3) is 4.30. The summed E-state index contributed by atoms with van der Waals surface area (Å²) >= 11 is 0. The van der Waals surface area contributed by atoms with Crippen LogP contribution in [0, 0.1) is 5.92 Å². The Morgan fingerprint density at radius 2 is 2.07 bits per heavy atom. The maximum atomic E-state index is 13.1. The van der Waals surface area contributed by atoms with Crippen LogP contribution in [-0.2, 0) is 13.1 Å². The van der Waals surface area contributed by atoms with Crippen molar-refractivity contribution >= 4 is 22.6 Å². The molecule has 1 saturated carbocycles. The lowest BCUT2D eigenvalue weighted by Crippen LogP contribution is -2.30. The van der Waals surface area contributed by atoms with E-state index in [1.807, 2.05) is 29.9 Å². The summed E-state index contributed by atoms with van der Waals surface area (Å²) in [5.74, 6) is 0.477. The summed E-state index contributed by atoms with van der Waals surface area (Å²) in [4.78, 5) is 21.7. The molecule has 1 amide bonds. The molecule has 7 heteroatoms. The fourth-order valence-corrected chi connectivity index (χ4v) is 4.35. The third-order valence-corrected chi connectivity index (χ3v) is 6.12. The van der Waals surface area contributed by atoms with Crippen molar-refractivity contribution in [1.82, 2.24) is 25.1 Å². The summed E-state index contributed by atoms with van der Waals surface area (Å²) in [6, 6.07) is 4.10. The first-order valence-corrected chi connectivity index (χ1v) is 11.0. The molecule has 0 aliphatic heterocycles. The smallest absolute Gasteiger partial charge is 0.255 e. The normalized spacial score (nSPS) is 15.8. The average molecular weight is 407 g/mol. The van der Waals surface area contributed by atoms with E-state index in [1.54, 1.807) is 18.6 Å². The molecular weight excluding hydrogens is 376 g/mol. The quantitative estimate of drug-likeness (QED) is 0.615. The molecule has 3 aromatic rings. The molecule has 2 N–H and O–H groups in total. The van der Waals surface area contributed by atoms with E-state index in [0.717, 1.165) is 28.8 Å². The fraction of sp³-hybridized carbons (Fsp3) is 0.478. The zero-order chi connectivity index (χ0) is 20.9. The van der Waals surface area contributed by atoms with Gasteiger partial charge in [0, 0.05) is 37.7 Å². The van der Waals surface area contributed by atoms with Crippen molar-refractivity contribution in [3.05, 3.63) is 48.0 Å². The van der Waals surface area contributed by atoms with Gasteiger partial charge in [-0.3, -0.25) is 9.78 Å². The molecule has 0 saturated heterocycles. The highest BCUT2D eigenvalue weighted by Gasteiger charge is 2.24. The van der Waals surface area contributed by atoms with Crippen molar-refractivity contribution in [1.29, 1.82) is 0 Å². The molecule has 30 heavy (non-hydrogen) atoms. The van der Waals surface area contributed by atoms with Gasteiger partial charge in [-0.1, -0.05) is 25.3 Å². The van der Waals surface area contributed by atoms with E-state index in [1.165, 1.54) is 32.1 Å². The number of nitrogens with one attached hydrogen (secondary N) is 2. The van der Waals surface area contributed by atoms with Crippen LogP contribution >= 0.6 is 0 Å². The first-order valence-electron chi connectivity index (χ1n) is 11.0. The van der Waals surface area contributed by atoms with Gasteiger partial charge in [-0.15, -0.1) is 0 Å².